The first-order valence-electron chi connectivity index (χ1n) is 7.62. The highest BCUT2D eigenvalue weighted by molar-refractivity contribution is 7.90. The van der Waals surface area contributed by atoms with Crippen molar-refractivity contribution in [1.29, 1.82) is 0 Å². The summed E-state index contributed by atoms with van der Waals surface area (Å²) in [5, 5.41) is 10.7. The number of hydrogen-bond acceptors (Lipinski definition) is 7. The van der Waals surface area contributed by atoms with Crippen LogP contribution in [0.1, 0.15) is 16.8 Å². The number of aromatic nitrogens is 2. The van der Waals surface area contributed by atoms with Gasteiger partial charge in [-0.15, -0.1) is 0 Å². The smallest absolute Gasteiger partial charge is 0.288 e. The number of rotatable bonds is 4. The van der Waals surface area contributed by atoms with Gasteiger partial charge in [-0.3, -0.25) is 24.8 Å². The van der Waals surface area contributed by atoms with E-state index in [-0.39, 0.29) is 22.4 Å². The van der Waals surface area contributed by atoms with Crippen LogP contribution >= 0.6 is 11.6 Å². The summed E-state index contributed by atoms with van der Waals surface area (Å²) >= 11 is 5.82. The summed E-state index contributed by atoms with van der Waals surface area (Å²) in [7, 11) is -3.59. The van der Waals surface area contributed by atoms with Crippen LogP contribution in [-0.4, -0.2) is 41.0 Å². The summed E-state index contributed by atoms with van der Waals surface area (Å²) in [5.41, 5.74) is 0.919. The molecule has 0 aliphatic carbocycles. The van der Waals surface area contributed by atoms with E-state index in [1.54, 1.807) is 6.07 Å². The Morgan fingerprint density at radius 1 is 1.42 bits per heavy atom. The van der Waals surface area contributed by atoms with Crippen molar-refractivity contribution in [2.45, 2.75) is 24.7 Å². The second-order valence-corrected chi connectivity index (χ2v) is 8.41. The third-order valence-corrected chi connectivity index (χ3v) is 5.31. The zero-order chi connectivity index (χ0) is 19.1. The summed E-state index contributed by atoms with van der Waals surface area (Å²) in [4.78, 5) is 31.0. The minimum atomic E-state index is -3.59. The number of nitrogens with one attached hydrogen (secondary N) is 1. The maximum atomic E-state index is 12.2. The molecule has 0 saturated heterocycles. The molecule has 1 aliphatic rings. The fourth-order valence-electron chi connectivity index (χ4n) is 2.82. The van der Waals surface area contributed by atoms with E-state index < -0.39 is 20.3 Å². The molecule has 1 aliphatic heterocycles. The van der Waals surface area contributed by atoms with Crippen molar-refractivity contribution in [1.82, 2.24) is 14.9 Å². The standard InChI is InChI=1S/C15H15ClN4O5S/c1-26(24,25)15-17-12-4-5-19(8-10(12)14(21)18-15)7-9-2-3-11(16)13(6-9)20(22)23/h2-3,6H,4-5,7-8H2,1H3,(H,17,18,21). The highest BCUT2D eigenvalue weighted by Gasteiger charge is 2.24. The highest BCUT2D eigenvalue weighted by Crippen LogP contribution is 2.26. The molecule has 0 atom stereocenters. The van der Waals surface area contributed by atoms with Crippen molar-refractivity contribution in [3.8, 4) is 0 Å². The number of H-pyrrole nitrogens is 1. The number of aromatic amines is 1. The van der Waals surface area contributed by atoms with Crippen molar-refractivity contribution < 1.29 is 13.3 Å². The molecule has 1 N–H and O–H groups in total. The zero-order valence-corrected chi connectivity index (χ0v) is 15.3. The molecule has 2 heterocycles. The Morgan fingerprint density at radius 2 is 2.15 bits per heavy atom. The maximum Gasteiger partial charge on any atom is 0.288 e. The Morgan fingerprint density at radius 3 is 2.81 bits per heavy atom. The molecule has 0 fully saturated rings. The van der Waals surface area contributed by atoms with Gasteiger partial charge in [0.15, 0.2) is 0 Å². The summed E-state index contributed by atoms with van der Waals surface area (Å²) in [5.74, 6) is 0. The molecular weight excluding hydrogens is 384 g/mol. The number of hydrogen-bond donors (Lipinski definition) is 1. The number of nitro groups is 1. The Labute approximate surface area is 153 Å². The van der Waals surface area contributed by atoms with Crippen LogP contribution in [0.4, 0.5) is 5.69 Å². The average Bonchev–Trinajstić information content (AvgIpc) is 2.56. The lowest BCUT2D eigenvalue weighted by Crippen LogP contribution is -2.36. The summed E-state index contributed by atoms with van der Waals surface area (Å²) < 4.78 is 23.2. The van der Waals surface area contributed by atoms with Gasteiger partial charge < -0.3 is 0 Å². The molecule has 9 nitrogen and oxygen atoms in total. The van der Waals surface area contributed by atoms with Crippen molar-refractivity contribution in [3.05, 3.63) is 60.5 Å². The Bertz CT molecular complexity index is 1050. The average molecular weight is 399 g/mol. The van der Waals surface area contributed by atoms with E-state index in [1.807, 2.05) is 4.90 Å². The van der Waals surface area contributed by atoms with Crippen LogP contribution in [0.5, 0.6) is 0 Å². The first-order valence-corrected chi connectivity index (χ1v) is 9.89. The highest BCUT2D eigenvalue weighted by atomic mass is 35.5. The monoisotopic (exact) mass is 398 g/mol. The van der Waals surface area contributed by atoms with Gasteiger partial charge in [-0.05, 0) is 11.6 Å². The van der Waals surface area contributed by atoms with Gasteiger partial charge in [-0.2, -0.15) is 0 Å². The Hall–Kier alpha value is -2.30. The van der Waals surface area contributed by atoms with Crippen LogP contribution in [0.3, 0.4) is 0 Å². The van der Waals surface area contributed by atoms with E-state index in [2.05, 4.69) is 9.97 Å². The van der Waals surface area contributed by atoms with Crippen molar-refractivity contribution >= 4 is 27.1 Å². The number of nitrogens with zero attached hydrogens (tertiary/aromatic N) is 3. The van der Waals surface area contributed by atoms with Crippen LogP contribution in [-0.2, 0) is 29.3 Å². The van der Waals surface area contributed by atoms with Crippen LogP contribution in [0.25, 0.3) is 0 Å². The molecule has 0 radical (unpaired) electrons. The molecule has 138 valence electrons. The molecule has 11 heteroatoms. The molecular formula is C15H15ClN4O5S. The van der Waals surface area contributed by atoms with Crippen molar-refractivity contribution in [2.75, 3.05) is 12.8 Å². The number of benzene rings is 1. The van der Waals surface area contributed by atoms with E-state index in [0.717, 1.165) is 6.26 Å². The lowest BCUT2D eigenvalue weighted by Gasteiger charge is -2.27. The van der Waals surface area contributed by atoms with Crippen molar-refractivity contribution in [2.24, 2.45) is 0 Å². The molecule has 1 aromatic carbocycles. The molecule has 26 heavy (non-hydrogen) atoms. The van der Waals surface area contributed by atoms with Gasteiger partial charge in [0.25, 0.3) is 11.2 Å². The predicted octanol–water partition coefficient (Wildman–Crippen LogP) is 1.29. The van der Waals surface area contributed by atoms with Gasteiger partial charge in [-0.25, -0.2) is 13.4 Å². The summed E-state index contributed by atoms with van der Waals surface area (Å²) in [6.45, 7) is 1.21. The quantitative estimate of drug-likeness (QED) is 0.467. The molecule has 0 saturated carbocycles. The molecule has 0 spiro atoms. The molecule has 0 bridgehead atoms. The van der Waals surface area contributed by atoms with Crippen molar-refractivity contribution in [3.63, 3.8) is 0 Å². The maximum absolute atomic E-state index is 12.2. The fraction of sp³-hybridized carbons (Fsp3) is 0.333. The first-order chi connectivity index (χ1) is 12.1. The zero-order valence-electron chi connectivity index (χ0n) is 13.7. The van der Waals surface area contributed by atoms with E-state index >= 15 is 0 Å². The third kappa shape index (κ3) is 3.76. The minimum absolute atomic E-state index is 0.0664. The van der Waals surface area contributed by atoms with Gasteiger partial charge in [-0.1, -0.05) is 17.7 Å². The van der Waals surface area contributed by atoms with Gasteiger partial charge in [0.2, 0.25) is 15.0 Å². The Kier molecular flexibility index (Phi) is 4.82. The van der Waals surface area contributed by atoms with Gasteiger partial charge >= 0.3 is 0 Å². The summed E-state index contributed by atoms with van der Waals surface area (Å²) in [6, 6.07) is 4.58. The topological polar surface area (TPSA) is 126 Å². The SMILES string of the molecule is CS(=O)(=O)c1nc2c(c(=O)[nH]1)CN(Cc1ccc(Cl)c([N+](=O)[O-])c1)CC2. The van der Waals surface area contributed by atoms with Gasteiger partial charge in [0.05, 0.1) is 16.2 Å². The molecule has 3 rings (SSSR count). The lowest BCUT2D eigenvalue weighted by atomic mass is 10.1. The van der Waals surface area contributed by atoms with E-state index in [4.69, 9.17) is 11.6 Å². The summed E-state index contributed by atoms with van der Waals surface area (Å²) in [6.07, 6.45) is 1.40. The molecule has 2 aromatic rings. The van der Waals surface area contributed by atoms with Crippen LogP contribution < -0.4 is 5.56 Å². The van der Waals surface area contributed by atoms with Crippen LogP contribution in [0, 0.1) is 10.1 Å². The second-order valence-electron chi connectivity index (χ2n) is 6.07. The fourth-order valence-corrected chi connectivity index (χ4v) is 3.56. The predicted molar refractivity (Wildman–Crippen MR) is 93.9 cm³/mol. The lowest BCUT2D eigenvalue weighted by molar-refractivity contribution is -0.384. The van der Waals surface area contributed by atoms with Gasteiger partial charge in [0, 0.05) is 38.4 Å². The number of sulfone groups is 1. The molecule has 0 unspecified atom stereocenters. The number of nitro benzene ring substituents is 1. The van der Waals surface area contributed by atoms with E-state index in [9.17, 15) is 23.3 Å². The molecule has 1 aromatic heterocycles. The van der Waals surface area contributed by atoms with Crippen LogP contribution in [0.2, 0.25) is 5.02 Å². The Balaban J connectivity index is 1.85. The van der Waals surface area contributed by atoms with E-state index in [0.29, 0.717) is 36.3 Å². The largest absolute Gasteiger partial charge is 0.297 e. The first kappa shape index (κ1) is 18.5. The molecule has 0 amide bonds. The minimum Gasteiger partial charge on any atom is -0.297 e. The third-order valence-electron chi connectivity index (χ3n) is 4.09. The van der Waals surface area contributed by atoms with Gasteiger partial charge in [0.1, 0.15) is 5.02 Å². The van der Waals surface area contributed by atoms with Crippen LogP contribution in [0.15, 0.2) is 28.2 Å². The second kappa shape index (κ2) is 6.78. The van der Waals surface area contributed by atoms with E-state index in [1.165, 1.54) is 12.1 Å². The number of halogens is 1. The number of fused-ring (bicyclic) bond motifs is 1. The normalized spacial score (nSPS) is 14.8.